The number of aromatic nitrogens is 1. The fourth-order valence-electron chi connectivity index (χ4n) is 3.29. The van der Waals surface area contributed by atoms with E-state index in [9.17, 15) is 0 Å². The first-order valence-electron chi connectivity index (χ1n) is 10.5. The second-order valence-electron chi connectivity index (χ2n) is 7.44. The molecule has 3 rings (SSSR count). The van der Waals surface area contributed by atoms with E-state index in [1.165, 1.54) is 48.8 Å². The van der Waals surface area contributed by atoms with Crippen molar-refractivity contribution in [3.8, 4) is 28.1 Å². The van der Waals surface area contributed by atoms with Gasteiger partial charge in [0.1, 0.15) is 5.75 Å². The lowest BCUT2D eigenvalue weighted by Gasteiger charge is -2.08. The number of aryl methyl sites for hydroxylation is 1. The minimum Gasteiger partial charge on any atom is -0.494 e. The molecule has 0 radical (unpaired) electrons. The number of rotatable bonds is 10. The lowest BCUT2D eigenvalue weighted by molar-refractivity contribution is 0.304. The summed E-state index contributed by atoms with van der Waals surface area (Å²) >= 11 is 0. The predicted molar refractivity (Wildman–Crippen MR) is 119 cm³/mol. The van der Waals surface area contributed by atoms with Crippen molar-refractivity contribution in [3.63, 3.8) is 0 Å². The Hall–Kier alpha value is -2.61. The second-order valence-corrected chi connectivity index (χ2v) is 7.44. The van der Waals surface area contributed by atoms with E-state index in [4.69, 9.17) is 4.74 Å². The Balaban J connectivity index is 1.51. The van der Waals surface area contributed by atoms with E-state index in [0.29, 0.717) is 0 Å². The van der Waals surface area contributed by atoms with Crippen LogP contribution in [0.4, 0.5) is 0 Å². The standard InChI is InChI=1S/C26H31NO/c1-3-4-5-6-7-8-19-28-25-16-14-23(15-17-25)22-10-12-24(13-11-22)26-18-9-21(2)20-27-26/h9-18,20H,3-8,19H2,1-2H3. The summed E-state index contributed by atoms with van der Waals surface area (Å²) in [4.78, 5) is 4.50. The smallest absolute Gasteiger partial charge is 0.119 e. The van der Waals surface area contributed by atoms with Gasteiger partial charge in [0, 0.05) is 11.8 Å². The molecular weight excluding hydrogens is 342 g/mol. The Morgan fingerprint density at radius 2 is 1.29 bits per heavy atom. The van der Waals surface area contributed by atoms with Gasteiger partial charge in [0.05, 0.1) is 12.3 Å². The molecule has 0 aliphatic carbocycles. The van der Waals surface area contributed by atoms with Gasteiger partial charge in [-0.1, -0.05) is 81.5 Å². The van der Waals surface area contributed by atoms with E-state index in [0.717, 1.165) is 30.0 Å². The minimum absolute atomic E-state index is 0.809. The first-order chi connectivity index (χ1) is 13.8. The molecule has 146 valence electrons. The molecule has 2 heteroatoms. The molecule has 0 atom stereocenters. The van der Waals surface area contributed by atoms with Crippen molar-refractivity contribution in [2.75, 3.05) is 6.61 Å². The number of pyridine rings is 1. The van der Waals surface area contributed by atoms with Gasteiger partial charge < -0.3 is 4.74 Å². The molecule has 3 aromatic rings. The van der Waals surface area contributed by atoms with E-state index < -0.39 is 0 Å². The lowest BCUT2D eigenvalue weighted by Crippen LogP contribution is -1.97. The molecule has 0 aliphatic rings. The maximum absolute atomic E-state index is 5.88. The summed E-state index contributed by atoms with van der Waals surface area (Å²) in [6, 6.07) is 21.2. The Morgan fingerprint density at radius 3 is 1.93 bits per heavy atom. The quantitative estimate of drug-likeness (QED) is 0.344. The van der Waals surface area contributed by atoms with Crippen LogP contribution in [0.1, 0.15) is 51.0 Å². The lowest BCUT2D eigenvalue weighted by atomic mass is 10.0. The molecule has 1 aromatic heterocycles. The summed E-state index contributed by atoms with van der Waals surface area (Å²) in [6.45, 7) is 5.12. The molecule has 1 heterocycles. The van der Waals surface area contributed by atoms with Crippen LogP contribution in [0.2, 0.25) is 0 Å². The molecule has 0 amide bonds. The second kappa shape index (κ2) is 10.7. The van der Waals surface area contributed by atoms with Crippen LogP contribution in [-0.4, -0.2) is 11.6 Å². The molecule has 2 nitrogen and oxygen atoms in total. The third-order valence-corrected chi connectivity index (χ3v) is 5.05. The number of hydrogen-bond acceptors (Lipinski definition) is 2. The highest BCUT2D eigenvalue weighted by Crippen LogP contribution is 2.25. The summed E-state index contributed by atoms with van der Waals surface area (Å²) in [6.07, 6.45) is 9.64. The highest BCUT2D eigenvalue weighted by atomic mass is 16.5. The van der Waals surface area contributed by atoms with Crippen molar-refractivity contribution in [1.82, 2.24) is 4.98 Å². The Kier molecular flexibility index (Phi) is 7.66. The van der Waals surface area contributed by atoms with Crippen LogP contribution >= 0.6 is 0 Å². The van der Waals surface area contributed by atoms with Crippen molar-refractivity contribution in [3.05, 3.63) is 72.4 Å². The van der Waals surface area contributed by atoms with Crippen molar-refractivity contribution in [2.24, 2.45) is 0 Å². The van der Waals surface area contributed by atoms with Crippen molar-refractivity contribution in [1.29, 1.82) is 0 Å². The molecule has 0 saturated carbocycles. The molecule has 0 spiro atoms. The molecule has 2 aromatic carbocycles. The predicted octanol–water partition coefficient (Wildman–Crippen LogP) is 7.46. The first-order valence-corrected chi connectivity index (χ1v) is 10.5. The average Bonchev–Trinajstić information content (AvgIpc) is 2.74. The third kappa shape index (κ3) is 5.95. The van der Waals surface area contributed by atoms with Crippen LogP contribution in [0.15, 0.2) is 66.9 Å². The van der Waals surface area contributed by atoms with Crippen LogP contribution in [0.25, 0.3) is 22.4 Å². The van der Waals surface area contributed by atoms with Gasteiger partial charge in [0.15, 0.2) is 0 Å². The zero-order chi connectivity index (χ0) is 19.6. The van der Waals surface area contributed by atoms with E-state index >= 15 is 0 Å². The maximum Gasteiger partial charge on any atom is 0.119 e. The van der Waals surface area contributed by atoms with Gasteiger partial charge in [-0.05, 0) is 48.2 Å². The fourth-order valence-corrected chi connectivity index (χ4v) is 3.29. The zero-order valence-electron chi connectivity index (χ0n) is 17.2. The molecular formula is C26H31NO. The Labute approximate surface area is 169 Å². The minimum atomic E-state index is 0.809. The fraction of sp³-hybridized carbons (Fsp3) is 0.346. The van der Waals surface area contributed by atoms with Gasteiger partial charge in [0.2, 0.25) is 0 Å². The van der Waals surface area contributed by atoms with Crippen molar-refractivity contribution in [2.45, 2.75) is 52.4 Å². The van der Waals surface area contributed by atoms with Crippen LogP contribution in [0, 0.1) is 6.92 Å². The summed E-state index contributed by atoms with van der Waals surface area (Å²) in [5.74, 6) is 0.956. The monoisotopic (exact) mass is 373 g/mol. The average molecular weight is 374 g/mol. The highest BCUT2D eigenvalue weighted by Gasteiger charge is 2.02. The number of benzene rings is 2. The Morgan fingerprint density at radius 1 is 0.679 bits per heavy atom. The molecule has 0 aliphatic heterocycles. The number of ether oxygens (including phenoxy) is 1. The molecule has 0 fully saturated rings. The third-order valence-electron chi connectivity index (χ3n) is 5.05. The van der Waals surface area contributed by atoms with E-state index in [1.54, 1.807) is 0 Å². The van der Waals surface area contributed by atoms with E-state index in [1.807, 2.05) is 6.20 Å². The zero-order valence-corrected chi connectivity index (χ0v) is 17.2. The van der Waals surface area contributed by atoms with Crippen LogP contribution in [0.3, 0.4) is 0 Å². The maximum atomic E-state index is 5.88. The largest absolute Gasteiger partial charge is 0.494 e. The molecule has 0 N–H and O–H groups in total. The van der Waals surface area contributed by atoms with Crippen LogP contribution in [-0.2, 0) is 0 Å². The molecule has 0 unspecified atom stereocenters. The molecule has 0 bridgehead atoms. The van der Waals surface area contributed by atoms with Crippen molar-refractivity contribution >= 4 is 0 Å². The van der Waals surface area contributed by atoms with Gasteiger partial charge in [-0.25, -0.2) is 0 Å². The summed E-state index contributed by atoms with van der Waals surface area (Å²) < 4.78 is 5.88. The topological polar surface area (TPSA) is 22.1 Å². The molecule has 28 heavy (non-hydrogen) atoms. The normalized spacial score (nSPS) is 10.8. The van der Waals surface area contributed by atoms with Gasteiger partial charge in [-0.15, -0.1) is 0 Å². The number of hydrogen-bond donors (Lipinski definition) is 0. The first kappa shape index (κ1) is 20.1. The van der Waals surface area contributed by atoms with E-state index in [2.05, 4.69) is 79.5 Å². The summed E-state index contributed by atoms with van der Waals surface area (Å²) in [5, 5.41) is 0. The van der Waals surface area contributed by atoms with Gasteiger partial charge in [-0.2, -0.15) is 0 Å². The highest BCUT2D eigenvalue weighted by molar-refractivity contribution is 5.69. The van der Waals surface area contributed by atoms with Crippen LogP contribution < -0.4 is 4.74 Å². The van der Waals surface area contributed by atoms with Gasteiger partial charge in [-0.3, -0.25) is 4.98 Å². The number of nitrogens with zero attached hydrogens (tertiary/aromatic N) is 1. The summed E-state index contributed by atoms with van der Waals surface area (Å²) in [7, 11) is 0. The van der Waals surface area contributed by atoms with E-state index in [-0.39, 0.29) is 0 Å². The van der Waals surface area contributed by atoms with Crippen molar-refractivity contribution < 1.29 is 4.74 Å². The van der Waals surface area contributed by atoms with Gasteiger partial charge >= 0.3 is 0 Å². The Bertz CT molecular complexity index is 820. The number of unbranched alkanes of at least 4 members (excludes halogenated alkanes) is 5. The molecule has 0 saturated heterocycles. The SMILES string of the molecule is CCCCCCCCOc1ccc(-c2ccc(-c3ccc(C)cn3)cc2)cc1. The van der Waals surface area contributed by atoms with Crippen LogP contribution in [0.5, 0.6) is 5.75 Å². The van der Waals surface area contributed by atoms with Gasteiger partial charge in [0.25, 0.3) is 0 Å². The summed E-state index contributed by atoms with van der Waals surface area (Å²) in [5.41, 5.74) is 5.74.